The maximum absolute atomic E-state index is 12.3. The van der Waals surface area contributed by atoms with Crippen molar-refractivity contribution in [2.24, 2.45) is 5.92 Å². The smallest absolute Gasteiger partial charge is 0.319 e. The Labute approximate surface area is 121 Å². The van der Waals surface area contributed by atoms with Gasteiger partial charge in [0.05, 0.1) is 6.54 Å². The Kier molecular flexibility index (Phi) is 6.78. The van der Waals surface area contributed by atoms with Crippen molar-refractivity contribution in [1.29, 1.82) is 0 Å². The summed E-state index contributed by atoms with van der Waals surface area (Å²) in [6, 6.07) is 0.0578. The highest BCUT2D eigenvalue weighted by molar-refractivity contribution is 5.74. The summed E-state index contributed by atoms with van der Waals surface area (Å²) < 4.78 is 0. The van der Waals surface area contributed by atoms with Crippen molar-refractivity contribution in [2.75, 3.05) is 46.3 Å². The standard InChI is InChI=1S/C14H27N3O3/c1-4-12(2)10-15(3)14(20)17-7-5-6-16(8-9-17)11-13(18)19/h12H,4-11H2,1-3H3,(H,18,19). The number of hydrogen-bond donors (Lipinski definition) is 1. The van der Waals surface area contributed by atoms with E-state index in [1.54, 1.807) is 4.90 Å². The largest absolute Gasteiger partial charge is 0.480 e. The minimum Gasteiger partial charge on any atom is -0.480 e. The second-order valence-corrected chi connectivity index (χ2v) is 5.69. The van der Waals surface area contributed by atoms with E-state index >= 15 is 0 Å². The first-order valence-corrected chi connectivity index (χ1v) is 7.38. The van der Waals surface area contributed by atoms with E-state index in [0.717, 1.165) is 25.9 Å². The fourth-order valence-corrected chi connectivity index (χ4v) is 2.43. The molecule has 0 aromatic heterocycles. The van der Waals surface area contributed by atoms with Crippen LogP contribution in [0, 0.1) is 5.92 Å². The Balaban J connectivity index is 2.47. The van der Waals surface area contributed by atoms with E-state index in [9.17, 15) is 9.59 Å². The molecule has 0 aliphatic carbocycles. The van der Waals surface area contributed by atoms with Crippen LogP contribution in [0.4, 0.5) is 4.79 Å². The summed E-state index contributed by atoms with van der Waals surface area (Å²) in [5.41, 5.74) is 0. The molecule has 1 atom stereocenters. The van der Waals surface area contributed by atoms with Crippen molar-refractivity contribution in [3.8, 4) is 0 Å². The first-order chi connectivity index (χ1) is 9.43. The first kappa shape index (κ1) is 16.8. The van der Waals surface area contributed by atoms with Crippen LogP contribution in [0.15, 0.2) is 0 Å². The van der Waals surface area contributed by atoms with Gasteiger partial charge in [-0.1, -0.05) is 20.3 Å². The monoisotopic (exact) mass is 285 g/mol. The van der Waals surface area contributed by atoms with E-state index in [2.05, 4.69) is 13.8 Å². The second kappa shape index (κ2) is 8.09. The zero-order valence-corrected chi connectivity index (χ0v) is 12.8. The van der Waals surface area contributed by atoms with Gasteiger partial charge in [-0.3, -0.25) is 9.69 Å². The maximum atomic E-state index is 12.3. The molecule has 116 valence electrons. The number of carboxylic acid groups (broad SMARTS) is 1. The average Bonchev–Trinajstić information content (AvgIpc) is 2.62. The molecule has 1 aliphatic rings. The molecule has 1 N–H and O–H groups in total. The number of amides is 2. The Morgan fingerprint density at radius 3 is 2.55 bits per heavy atom. The average molecular weight is 285 g/mol. The van der Waals surface area contributed by atoms with E-state index in [0.29, 0.717) is 25.6 Å². The number of carbonyl (C=O) groups is 2. The van der Waals surface area contributed by atoms with Gasteiger partial charge in [-0.05, 0) is 12.3 Å². The minimum atomic E-state index is -0.807. The van der Waals surface area contributed by atoms with Crippen molar-refractivity contribution in [3.63, 3.8) is 0 Å². The molecule has 1 heterocycles. The summed E-state index contributed by atoms with van der Waals surface area (Å²) in [5, 5.41) is 8.82. The van der Waals surface area contributed by atoms with Crippen LogP contribution in [-0.4, -0.2) is 78.1 Å². The lowest BCUT2D eigenvalue weighted by atomic mass is 10.1. The molecule has 0 aromatic carbocycles. The number of hydrogen-bond acceptors (Lipinski definition) is 3. The van der Waals surface area contributed by atoms with Crippen molar-refractivity contribution in [2.45, 2.75) is 26.7 Å². The molecule has 0 aromatic rings. The molecule has 1 rings (SSSR count). The summed E-state index contributed by atoms with van der Waals surface area (Å²) in [5.74, 6) is -0.307. The minimum absolute atomic E-state index is 0.0578. The Morgan fingerprint density at radius 1 is 1.25 bits per heavy atom. The van der Waals surface area contributed by atoms with Gasteiger partial charge in [-0.25, -0.2) is 4.79 Å². The van der Waals surface area contributed by atoms with Crippen molar-refractivity contribution in [3.05, 3.63) is 0 Å². The molecule has 20 heavy (non-hydrogen) atoms. The Bertz CT molecular complexity index is 336. The molecule has 0 bridgehead atoms. The van der Waals surface area contributed by atoms with Gasteiger partial charge in [0, 0.05) is 39.8 Å². The third-order valence-electron chi connectivity index (χ3n) is 3.83. The highest BCUT2D eigenvalue weighted by atomic mass is 16.4. The number of nitrogens with zero attached hydrogens (tertiary/aromatic N) is 3. The molecule has 1 aliphatic heterocycles. The fraction of sp³-hybridized carbons (Fsp3) is 0.857. The molecule has 1 fully saturated rings. The van der Waals surface area contributed by atoms with Gasteiger partial charge in [-0.2, -0.15) is 0 Å². The highest BCUT2D eigenvalue weighted by Gasteiger charge is 2.23. The summed E-state index contributed by atoms with van der Waals surface area (Å²) in [7, 11) is 1.84. The van der Waals surface area contributed by atoms with Gasteiger partial charge >= 0.3 is 12.0 Å². The lowest BCUT2D eigenvalue weighted by molar-refractivity contribution is -0.138. The molecule has 0 radical (unpaired) electrons. The van der Waals surface area contributed by atoms with Gasteiger partial charge < -0.3 is 14.9 Å². The van der Waals surface area contributed by atoms with E-state index in [1.165, 1.54) is 0 Å². The molecular weight excluding hydrogens is 258 g/mol. The molecule has 6 heteroatoms. The van der Waals surface area contributed by atoms with Crippen LogP contribution in [0.2, 0.25) is 0 Å². The van der Waals surface area contributed by atoms with Crippen LogP contribution in [0.5, 0.6) is 0 Å². The lowest BCUT2D eigenvalue weighted by Gasteiger charge is -2.28. The van der Waals surface area contributed by atoms with Gasteiger partial charge in [-0.15, -0.1) is 0 Å². The van der Waals surface area contributed by atoms with Crippen molar-refractivity contribution < 1.29 is 14.7 Å². The predicted octanol–water partition coefficient (Wildman–Crippen LogP) is 1.18. The number of urea groups is 1. The quantitative estimate of drug-likeness (QED) is 0.824. The number of carbonyl (C=O) groups excluding carboxylic acids is 1. The molecule has 0 saturated carbocycles. The number of aliphatic carboxylic acids is 1. The van der Waals surface area contributed by atoms with Crippen LogP contribution in [0.3, 0.4) is 0 Å². The fourth-order valence-electron chi connectivity index (χ4n) is 2.43. The highest BCUT2D eigenvalue weighted by Crippen LogP contribution is 2.09. The Hall–Kier alpha value is -1.30. The number of rotatable bonds is 5. The van der Waals surface area contributed by atoms with Gasteiger partial charge in [0.1, 0.15) is 0 Å². The van der Waals surface area contributed by atoms with E-state index in [4.69, 9.17) is 5.11 Å². The molecular formula is C14H27N3O3. The van der Waals surface area contributed by atoms with E-state index in [-0.39, 0.29) is 12.6 Å². The zero-order chi connectivity index (χ0) is 15.1. The second-order valence-electron chi connectivity index (χ2n) is 5.69. The normalized spacial score (nSPS) is 18.4. The van der Waals surface area contributed by atoms with Crippen molar-refractivity contribution >= 4 is 12.0 Å². The topological polar surface area (TPSA) is 64.1 Å². The maximum Gasteiger partial charge on any atom is 0.319 e. The molecule has 0 spiro atoms. The van der Waals surface area contributed by atoms with Gasteiger partial charge in [0.25, 0.3) is 0 Å². The van der Waals surface area contributed by atoms with Crippen LogP contribution in [-0.2, 0) is 4.79 Å². The third kappa shape index (κ3) is 5.36. The lowest BCUT2D eigenvalue weighted by Crippen LogP contribution is -2.44. The van der Waals surface area contributed by atoms with Crippen molar-refractivity contribution in [1.82, 2.24) is 14.7 Å². The molecule has 6 nitrogen and oxygen atoms in total. The SMILES string of the molecule is CCC(C)CN(C)C(=O)N1CCCN(CC(=O)O)CC1. The van der Waals surface area contributed by atoms with Crippen LogP contribution < -0.4 is 0 Å². The first-order valence-electron chi connectivity index (χ1n) is 7.38. The zero-order valence-electron chi connectivity index (χ0n) is 12.8. The van der Waals surface area contributed by atoms with E-state index in [1.807, 2.05) is 16.8 Å². The molecule has 1 saturated heterocycles. The Morgan fingerprint density at radius 2 is 1.95 bits per heavy atom. The summed E-state index contributed by atoms with van der Waals surface area (Å²) in [4.78, 5) is 28.6. The van der Waals surface area contributed by atoms with Gasteiger partial charge in [0.15, 0.2) is 0 Å². The number of carboxylic acids is 1. The molecule has 1 unspecified atom stereocenters. The molecule has 2 amide bonds. The van der Waals surface area contributed by atoms with Crippen LogP contribution in [0.25, 0.3) is 0 Å². The van der Waals surface area contributed by atoms with Gasteiger partial charge in [0.2, 0.25) is 0 Å². The van der Waals surface area contributed by atoms with E-state index < -0.39 is 5.97 Å². The predicted molar refractivity (Wildman–Crippen MR) is 77.7 cm³/mol. The van der Waals surface area contributed by atoms with Crippen LogP contribution >= 0.6 is 0 Å². The van der Waals surface area contributed by atoms with Crippen LogP contribution in [0.1, 0.15) is 26.7 Å². The third-order valence-corrected chi connectivity index (χ3v) is 3.83. The summed E-state index contributed by atoms with van der Waals surface area (Å²) in [6.45, 7) is 7.78. The summed E-state index contributed by atoms with van der Waals surface area (Å²) in [6.07, 6.45) is 1.89. The summed E-state index contributed by atoms with van der Waals surface area (Å²) >= 11 is 0.